The first-order chi connectivity index (χ1) is 7.61. The van der Waals surface area contributed by atoms with Gasteiger partial charge in [-0.3, -0.25) is 4.79 Å². The molecule has 0 aromatic rings. The number of thioether (sulfide) groups is 2. The molecule has 0 rings (SSSR count). The Balaban J connectivity index is 3.80. The van der Waals surface area contributed by atoms with Crippen LogP contribution in [0.2, 0.25) is 0 Å². The number of carbonyl (C=O) groups is 1. The van der Waals surface area contributed by atoms with Crippen LogP contribution in [0.3, 0.4) is 0 Å². The molecule has 0 aromatic carbocycles. The fraction of sp³-hybridized carbons (Fsp3) is 0.750. The van der Waals surface area contributed by atoms with E-state index in [0.717, 1.165) is 9.28 Å². The van der Waals surface area contributed by atoms with E-state index in [-0.39, 0.29) is 24.4 Å². The normalized spacial score (nSPS) is 11.4. The molecule has 0 bridgehead atoms. The fourth-order valence-electron chi connectivity index (χ4n) is 0.693. The van der Waals surface area contributed by atoms with Gasteiger partial charge in [-0.15, -0.1) is 11.8 Å². The van der Waals surface area contributed by atoms with Crippen LogP contribution in [-0.4, -0.2) is 33.7 Å². The zero-order valence-corrected chi connectivity index (χ0v) is 11.5. The molecule has 0 radical (unpaired) electrons. The maximum absolute atomic E-state index is 11.4. The summed E-state index contributed by atoms with van der Waals surface area (Å²) in [5.41, 5.74) is 8.01. The molecule has 90 valence electrons. The highest BCUT2D eigenvalue weighted by molar-refractivity contribution is 8.47. The van der Waals surface area contributed by atoms with Crippen molar-refractivity contribution in [2.45, 2.75) is 19.1 Å². The molecule has 0 heterocycles. The Morgan fingerprint density at radius 3 is 2.94 bits per heavy atom. The highest BCUT2D eigenvalue weighted by atomic mass is 32.2. The van der Waals surface area contributed by atoms with Crippen LogP contribution in [0, 0.1) is 0 Å². The number of azide groups is 1. The number of thiocarbonyl (C=S) groups is 1. The minimum Gasteiger partial charge on any atom is -0.465 e. The molecule has 0 saturated carbocycles. The zero-order chi connectivity index (χ0) is 12.4. The lowest BCUT2D eigenvalue weighted by Gasteiger charge is -2.10. The monoisotopic (exact) mass is 279 g/mol. The van der Waals surface area contributed by atoms with Gasteiger partial charge in [0.1, 0.15) is 8.78 Å². The summed E-state index contributed by atoms with van der Waals surface area (Å²) in [7, 11) is 0. The molecule has 0 saturated heterocycles. The second kappa shape index (κ2) is 9.77. The third kappa shape index (κ3) is 7.81. The van der Waals surface area contributed by atoms with E-state index in [1.807, 2.05) is 6.92 Å². The summed E-state index contributed by atoms with van der Waals surface area (Å²) in [4.78, 5) is 14.0. The number of esters is 1. The van der Waals surface area contributed by atoms with Gasteiger partial charge < -0.3 is 4.74 Å². The van der Waals surface area contributed by atoms with E-state index in [2.05, 4.69) is 10.0 Å². The number of hydrogen-bond acceptors (Lipinski definition) is 6. The van der Waals surface area contributed by atoms with E-state index in [1.54, 1.807) is 6.92 Å². The Labute approximate surface area is 108 Å². The smallest absolute Gasteiger partial charge is 0.319 e. The molecule has 16 heavy (non-hydrogen) atoms. The average Bonchev–Trinajstić information content (AvgIpc) is 2.24. The van der Waals surface area contributed by atoms with E-state index in [1.165, 1.54) is 23.5 Å². The maximum Gasteiger partial charge on any atom is 0.319 e. The summed E-state index contributed by atoms with van der Waals surface area (Å²) >= 11 is 7.90. The zero-order valence-electron chi connectivity index (χ0n) is 9.08. The van der Waals surface area contributed by atoms with Crippen molar-refractivity contribution in [1.29, 1.82) is 0 Å². The largest absolute Gasteiger partial charge is 0.465 e. The number of rotatable bonds is 6. The van der Waals surface area contributed by atoms with Gasteiger partial charge in [-0.1, -0.05) is 36.0 Å². The Hall–Kier alpha value is -0.430. The molecular weight excluding hydrogens is 266 g/mol. The van der Waals surface area contributed by atoms with Gasteiger partial charge in [-0.05, 0) is 18.2 Å². The predicted octanol–water partition coefficient (Wildman–Crippen LogP) is 3.00. The molecule has 0 spiro atoms. The predicted molar refractivity (Wildman–Crippen MR) is 72.8 cm³/mol. The summed E-state index contributed by atoms with van der Waals surface area (Å²) < 4.78 is 5.63. The minimum atomic E-state index is -0.336. The van der Waals surface area contributed by atoms with Crippen LogP contribution in [0.15, 0.2) is 5.11 Å². The third-order valence-corrected chi connectivity index (χ3v) is 3.91. The van der Waals surface area contributed by atoms with Crippen molar-refractivity contribution in [3.63, 3.8) is 0 Å². The molecular formula is C8H13N3O2S3. The fourth-order valence-corrected chi connectivity index (χ4v) is 3.23. The number of carbonyl (C=O) groups excluding carboxylic acids is 1. The molecule has 1 unspecified atom stereocenters. The summed E-state index contributed by atoms with van der Waals surface area (Å²) in [6, 6.07) is 0. The van der Waals surface area contributed by atoms with Crippen LogP contribution in [-0.2, 0) is 9.53 Å². The van der Waals surface area contributed by atoms with Gasteiger partial charge in [0.25, 0.3) is 0 Å². The molecule has 8 heteroatoms. The first-order valence-corrected chi connectivity index (χ1v) is 6.90. The van der Waals surface area contributed by atoms with Crippen molar-refractivity contribution in [2.75, 3.05) is 18.9 Å². The van der Waals surface area contributed by atoms with E-state index in [4.69, 9.17) is 22.5 Å². The van der Waals surface area contributed by atoms with Gasteiger partial charge in [0.15, 0.2) is 0 Å². The first kappa shape index (κ1) is 15.6. The molecule has 0 aromatic heterocycles. The standard InChI is InChI=1S/C8H13N3O2S3/c1-3-15-8(14)16-6(2)7(12)13-5-4-10-11-9/h6H,3-5H2,1-2H3. The molecule has 0 amide bonds. The van der Waals surface area contributed by atoms with Crippen molar-refractivity contribution in [3.05, 3.63) is 10.4 Å². The second-order valence-corrected chi connectivity index (χ2v) is 6.37. The molecule has 5 nitrogen and oxygen atoms in total. The highest BCUT2D eigenvalue weighted by Crippen LogP contribution is 2.22. The lowest BCUT2D eigenvalue weighted by Crippen LogP contribution is -2.19. The van der Waals surface area contributed by atoms with Gasteiger partial charge in [-0.2, -0.15) is 0 Å². The van der Waals surface area contributed by atoms with Crippen LogP contribution in [0.1, 0.15) is 13.8 Å². The van der Waals surface area contributed by atoms with Crippen molar-refractivity contribution < 1.29 is 9.53 Å². The number of ether oxygens (including phenoxy) is 1. The minimum absolute atomic E-state index is 0.113. The molecule has 0 aliphatic carbocycles. The van der Waals surface area contributed by atoms with Crippen molar-refractivity contribution >= 4 is 45.2 Å². The van der Waals surface area contributed by atoms with Crippen LogP contribution in [0.5, 0.6) is 0 Å². The van der Waals surface area contributed by atoms with Crippen molar-refractivity contribution in [1.82, 2.24) is 0 Å². The van der Waals surface area contributed by atoms with Crippen LogP contribution >= 0.6 is 35.7 Å². The van der Waals surface area contributed by atoms with Gasteiger partial charge in [0.2, 0.25) is 0 Å². The number of nitrogens with zero attached hydrogens (tertiary/aromatic N) is 3. The topological polar surface area (TPSA) is 75.1 Å². The first-order valence-electron chi connectivity index (χ1n) is 4.62. The summed E-state index contributed by atoms with van der Waals surface area (Å²) in [6.45, 7) is 4.01. The average molecular weight is 279 g/mol. The molecule has 0 fully saturated rings. The third-order valence-electron chi connectivity index (χ3n) is 1.37. The molecule has 0 N–H and O–H groups in total. The maximum atomic E-state index is 11.4. The van der Waals surface area contributed by atoms with Gasteiger partial charge in [-0.25, -0.2) is 0 Å². The Morgan fingerprint density at radius 1 is 1.69 bits per heavy atom. The second-order valence-electron chi connectivity index (χ2n) is 2.57. The lowest BCUT2D eigenvalue weighted by atomic mass is 10.5. The van der Waals surface area contributed by atoms with Crippen molar-refractivity contribution in [3.8, 4) is 0 Å². The van der Waals surface area contributed by atoms with E-state index in [9.17, 15) is 4.79 Å². The number of hydrogen-bond donors (Lipinski definition) is 0. The van der Waals surface area contributed by atoms with Crippen LogP contribution < -0.4 is 0 Å². The summed E-state index contributed by atoms with van der Waals surface area (Å²) in [6.07, 6.45) is 0. The SMILES string of the molecule is CCSC(=S)SC(C)C(=O)OCCN=[N+]=[N-]. The van der Waals surface area contributed by atoms with Gasteiger partial charge in [0, 0.05) is 4.91 Å². The Morgan fingerprint density at radius 2 is 2.38 bits per heavy atom. The van der Waals surface area contributed by atoms with Crippen LogP contribution in [0.25, 0.3) is 10.4 Å². The quantitative estimate of drug-likeness (QED) is 0.186. The van der Waals surface area contributed by atoms with E-state index in [0.29, 0.717) is 0 Å². The molecule has 0 aliphatic heterocycles. The van der Waals surface area contributed by atoms with E-state index >= 15 is 0 Å². The highest BCUT2D eigenvalue weighted by Gasteiger charge is 2.16. The summed E-state index contributed by atoms with van der Waals surface area (Å²) in [5, 5.41) is 2.94. The summed E-state index contributed by atoms with van der Waals surface area (Å²) in [5.74, 6) is 0.557. The van der Waals surface area contributed by atoms with Crippen molar-refractivity contribution in [2.24, 2.45) is 5.11 Å². The Kier molecular flexibility index (Phi) is 9.51. The Bertz CT molecular complexity index is 292. The lowest BCUT2D eigenvalue weighted by molar-refractivity contribution is -0.142. The molecule has 0 aliphatic rings. The van der Waals surface area contributed by atoms with E-state index < -0.39 is 0 Å². The van der Waals surface area contributed by atoms with Gasteiger partial charge in [0.05, 0.1) is 13.2 Å². The van der Waals surface area contributed by atoms with Gasteiger partial charge >= 0.3 is 5.97 Å². The molecule has 1 atom stereocenters. The van der Waals surface area contributed by atoms with Crippen LogP contribution in [0.4, 0.5) is 0 Å².